The van der Waals surface area contributed by atoms with Gasteiger partial charge in [-0.1, -0.05) is 12.1 Å². The molecule has 0 saturated carbocycles. The predicted octanol–water partition coefficient (Wildman–Crippen LogP) is 2.26. The van der Waals surface area contributed by atoms with E-state index in [2.05, 4.69) is 5.32 Å². The smallest absolute Gasteiger partial charge is 0.348 e. The van der Waals surface area contributed by atoms with Gasteiger partial charge in [0, 0.05) is 0 Å². The number of nitrogens with one attached hydrogen (secondary N) is 1. The minimum atomic E-state index is -4.38. The second-order valence-corrected chi connectivity index (χ2v) is 3.62. The van der Waals surface area contributed by atoms with Crippen LogP contribution in [0.1, 0.15) is 24.1 Å². The van der Waals surface area contributed by atoms with Crippen molar-refractivity contribution in [3.8, 4) is 0 Å². The molecule has 1 aromatic carbocycles. The molecule has 3 nitrogen and oxygen atoms in total. The fraction of sp³-hybridized carbons (Fsp3) is 0.364. The van der Waals surface area contributed by atoms with Crippen LogP contribution in [-0.4, -0.2) is 12.5 Å². The van der Waals surface area contributed by atoms with Crippen molar-refractivity contribution in [3.63, 3.8) is 0 Å². The summed E-state index contributed by atoms with van der Waals surface area (Å²) in [7, 11) is 0. The van der Waals surface area contributed by atoms with Crippen LogP contribution < -0.4 is 11.1 Å². The van der Waals surface area contributed by atoms with E-state index in [1.165, 1.54) is 12.1 Å². The summed E-state index contributed by atoms with van der Waals surface area (Å²) in [6.07, 6.45) is -4.38. The highest BCUT2D eigenvalue weighted by molar-refractivity contribution is 5.85. The van der Waals surface area contributed by atoms with Gasteiger partial charge in [-0.2, -0.15) is 13.2 Å². The topological polar surface area (TPSA) is 55.1 Å². The molecule has 1 unspecified atom stereocenters. The van der Waals surface area contributed by atoms with Gasteiger partial charge in [-0.05, 0) is 24.6 Å². The molecule has 0 saturated heterocycles. The number of carbonyl (C=O) groups excluding carboxylic acids is 1. The van der Waals surface area contributed by atoms with Crippen LogP contribution in [0.25, 0.3) is 0 Å². The van der Waals surface area contributed by atoms with E-state index < -0.39 is 23.7 Å². The van der Waals surface area contributed by atoms with Crippen LogP contribution in [0.2, 0.25) is 0 Å². The van der Waals surface area contributed by atoms with E-state index in [-0.39, 0.29) is 19.0 Å². The molecule has 1 rings (SSSR count). The van der Waals surface area contributed by atoms with Gasteiger partial charge in [0.05, 0.1) is 18.2 Å². The van der Waals surface area contributed by atoms with Crippen LogP contribution in [0, 0.1) is 0 Å². The standard InChI is InChI=1S/C11H13F3N2O.ClH/c1-7(16-10(17)6-15)8-3-2-4-9(5-8)11(12,13)14;/h2-5,7H,6,15H2,1H3,(H,16,17);1H. The summed E-state index contributed by atoms with van der Waals surface area (Å²) in [5.74, 6) is -0.407. The van der Waals surface area contributed by atoms with Crippen LogP contribution in [0.3, 0.4) is 0 Å². The number of alkyl halides is 3. The summed E-state index contributed by atoms with van der Waals surface area (Å²) in [6, 6.07) is 4.33. The molecule has 1 atom stereocenters. The van der Waals surface area contributed by atoms with Gasteiger partial charge in [-0.3, -0.25) is 4.79 Å². The Labute approximate surface area is 109 Å². The van der Waals surface area contributed by atoms with Crippen molar-refractivity contribution < 1.29 is 18.0 Å². The number of hydrogen-bond donors (Lipinski definition) is 2. The fourth-order valence-electron chi connectivity index (χ4n) is 1.37. The molecule has 102 valence electrons. The van der Waals surface area contributed by atoms with Crippen molar-refractivity contribution in [2.45, 2.75) is 19.1 Å². The van der Waals surface area contributed by atoms with Crippen molar-refractivity contribution in [1.82, 2.24) is 5.32 Å². The molecule has 0 heterocycles. The van der Waals surface area contributed by atoms with Crippen molar-refractivity contribution in [3.05, 3.63) is 35.4 Å². The molecule has 0 radical (unpaired) electrons. The molecular formula is C11H14ClF3N2O. The van der Waals surface area contributed by atoms with Gasteiger partial charge < -0.3 is 11.1 Å². The maximum atomic E-state index is 12.5. The van der Waals surface area contributed by atoms with Crippen LogP contribution in [0.4, 0.5) is 13.2 Å². The summed E-state index contributed by atoms with van der Waals surface area (Å²) in [5.41, 5.74) is 4.76. The van der Waals surface area contributed by atoms with Crippen LogP contribution >= 0.6 is 12.4 Å². The first kappa shape index (κ1) is 16.7. The minimum Gasteiger partial charge on any atom is -0.348 e. The third kappa shape index (κ3) is 4.54. The lowest BCUT2D eigenvalue weighted by atomic mass is 10.0. The highest BCUT2D eigenvalue weighted by Gasteiger charge is 2.30. The molecule has 1 amide bonds. The SMILES string of the molecule is CC(NC(=O)CN)c1cccc(C(F)(F)F)c1.Cl. The molecule has 0 fully saturated rings. The van der Waals surface area contributed by atoms with Gasteiger partial charge in [0.1, 0.15) is 0 Å². The largest absolute Gasteiger partial charge is 0.416 e. The number of halogens is 4. The molecule has 18 heavy (non-hydrogen) atoms. The van der Waals surface area contributed by atoms with Crippen molar-refractivity contribution in [2.75, 3.05) is 6.54 Å². The summed E-state index contributed by atoms with van der Waals surface area (Å²) in [4.78, 5) is 11.0. The number of amides is 1. The third-order valence-corrected chi connectivity index (χ3v) is 2.28. The molecule has 7 heteroatoms. The summed E-state index contributed by atoms with van der Waals surface area (Å²) < 4.78 is 37.4. The number of nitrogens with two attached hydrogens (primary N) is 1. The average Bonchev–Trinajstić information content (AvgIpc) is 2.28. The summed E-state index contributed by atoms with van der Waals surface area (Å²) in [6.45, 7) is 1.41. The molecular weight excluding hydrogens is 269 g/mol. The van der Waals surface area contributed by atoms with Gasteiger partial charge in [0.2, 0.25) is 5.91 Å². The van der Waals surface area contributed by atoms with E-state index in [0.717, 1.165) is 12.1 Å². The molecule has 1 aromatic rings. The van der Waals surface area contributed by atoms with E-state index in [1.807, 2.05) is 0 Å². The zero-order valence-corrected chi connectivity index (χ0v) is 10.4. The van der Waals surface area contributed by atoms with Gasteiger partial charge >= 0.3 is 6.18 Å². The van der Waals surface area contributed by atoms with Crippen molar-refractivity contribution in [1.29, 1.82) is 0 Å². The van der Waals surface area contributed by atoms with E-state index in [9.17, 15) is 18.0 Å². The zero-order valence-electron chi connectivity index (χ0n) is 9.62. The normalized spacial score (nSPS) is 12.5. The highest BCUT2D eigenvalue weighted by Crippen LogP contribution is 2.30. The molecule has 0 bridgehead atoms. The molecule has 3 N–H and O–H groups in total. The molecule has 0 aliphatic carbocycles. The van der Waals surface area contributed by atoms with Crippen LogP contribution in [0.15, 0.2) is 24.3 Å². The first-order valence-electron chi connectivity index (χ1n) is 5.01. The number of rotatable bonds is 3. The number of hydrogen-bond acceptors (Lipinski definition) is 2. The monoisotopic (exact) mass is 282 g/mol. The summed E-state index contributed by atoms with van der Waals surface area (Å²) in [5, 5.41) is 2.49. The van der Waals surface area contributed by atoms with Crippen molar-refractivity contribution in [2.24, 2.45) is 5.73 Å². The maximum absolute atomic E-state index is 12.5. The van der Waals surface area contributed by atoms with E-state index in [0.29, 0.717) is 5.56 Å². The second kappa shape index (κ2) is 6.61. The van der Waals surface area contributed by atoms with Gasteiger partial charge in [0.15, 0.2) is 0 Å². The summed E-state index contributed by atoms with van der Waals surface area (Å²) >= 11 is 0. The van der Waals surface area contributed by atoms with Crippen LogP contribution in [0.5, 0.6) is 0 Å². The molecule has 0 spiro atoms. The lowest BCUT2D eigenvalue weighted by Crippen LogP contribution is -2.32. The van der Waals surface area contributed by atoms with Gasteiger partial charge in [0.25, 0.3) is 0 Å². The Morgan fingerprint density at radius 1 is 1.44 bits per heavy atom. The third-order valence-electron chi connectivity index (χ3n) is 2.28. The maximum Gasteiger partial charge on any atom is 0.416 e. The van der Waals surface area contributed by atoms with Gasteiger partial charge in [-0.15, -0.1) is 12.4 Å². The highest BCUT2D eigenvalue weighted by atomic mass is 35.5. The number of benzene rings is 1. The predicted molar refractivity (Wildman–Crippen MR) is 64.3 cm³/mol. The Balaban J connectivity index is 0.00000289. The van der Waals surface area contributed by atoms with E-state index >= 15 is 0 Å². The Morgan fingerprint density at radius 2 is 2.06 bits per heavy atom. The van der Waals surface area contributed by atoms with Crippen molar-refractivity contribution >= 4 is 18.3 Å². The first-order chi connectivity index (χ1) is 7.84. The van der Waals surface area contributed by atoms with Crippen LogP contribution in [-0.2, 0) is 11.0 Å². The van der Waals surface area contributed by atoms with E-state index in [4.69, 9.17) is 5.73 Å². The fourth-order valence-corrected chi connectivity index (χ4v) is 1.37. The van der Waals surface area contributed by atoms with Gasteiger partial charge in [-0.25, -0.2) is 0 Å². The Bertz CT molecular complexity index is 410. The molecule has 0 aliphatic heterocycles. The Hall–Kier alpha value is -1.27. The first-order valence-corrected chi connectivity index (χ1v) is 5.01. The molecule has 0 aromatic heterocycles. The Kier molecular flexibility index (Phi) is 6.14. The quantitative estimate of drug-likeness (QED) is 0.893. The lowest BCUT2D eigenvalue weighted by molar-refractivity contribution is -0.137. The molecule has 0 aliphatic rings. The lowest BCUT2D eigenvalue weighted by Gasteiger charge is -2.15. The number of carbonyl (C=O) groups is 1. The second-order valence-electron chi connectivity index (χ2n) is 3.62. The average molecular weight is 283 g/mol. The minimum absolute atomic E-state index is 0. The van der Waals surface area contributed by atoms with E-state index in [1.54, 1.807) is 6.92 Å². The Morgan fingerprint density at radius 3 is 2.56 bits per heavy atom. The zero-order chi connectivity index (χ0) is 13.1.